The number of rotatable bonds is 3. The highest BCUT2D eigenvalue weighted by atomic mass is 32.2. The third kappa shape index (κ3) is 5.31. The van der Waals surface area contributed by atoms with E-state index in [4.69, 9.17) is 9.88 Å². The van der Waals surface area contributed by atoms with Crippen LogP contribution in [0, 0.1) is 5.82 Å². The van der Waals surface area contributed by atoms with E-state index in [1.807, 2.05) is 26.2 Å². The lowest BCUT2D eigenvalue weighted by molar-refractivity contribution is 0.0204. The third-order valence-corrected chi connectivity index (χ3v) is 6.39. The Hall–Kier alpha value is -2.04. The van der Waals surface area contributed by atoms with Crippen LogP contribution in [0.3, 0.4) is 0 Å². The van der Waals surface area contributed by atoms with Crippen molar-refractivity contribution in [2.75, 3.05) is 13.1 Å². The van der Waals surface area contributed by atoms with E-state index in [1.54, 1.807) is 4.90 Å². The Balaban J connectivity index is 1.68. The minimum Gasteiger partial charge on any atom is -0.444 e. The molecule has 0 radical (unpaired) electrons. The third-order valence-electron chi connectivity index (χ3n) is 4.59. The van der Waals surface area contributed by atoms with Gasteiger partial charge in [0.25, 0.3) is 0 Å². The number of nitrogens with two attached hydrogens (primary N) is 1. The zero-order chi connectivity index (χ0) is 21.4. The molecule has 2 N–H and O–H groups in total. The Morgan fingerprint density at radius 1 is 1.31 bits per heavy atom. The van der Waals surface area contributed by atoms with Gasteiger partial charge in [0.1, 0.15) is 16.4 Å². The molecule has 0 aliphatic carbocycles. The van der Waals surface area contributed by atoms with Crippen molar-refractivity contribution in [1.29, 1.82) is 0 Å². The van der Waals surface area contributed by atoms with Crippen LogP contribution in [0.4, 0.5) is 9.18 Å². The number of amides is 1. The average molecular weight is 442 g/mol. The molecule has 1 amide bonds. The van der Waals surface area contributed by atoms with Gasteiger partial charge in [-0.2, -0.15) is 0 Å². The lowest BCUT2D eigenvalue weighted by Crippen LogP contribution is -2.41. The first-order valence-electron chi connectivity index (χ1n) is 9.20. The van der Waals surface area contributed by atoms with Gasteiger partial charge >= 0.3 is 6.09 Å². The maximum absolute atomic E-state index is 14.4. The zero-order valence-electron chi connectivity index (χ0n) is 16.5. The minimum absolute atomic E-state index is 0.172. The van der Waals surface area contributed by atoms with Gasteiger partial charge in [0.15, 0.2) is 0 Å². The Morgan fingerprint density at radius 2 is 1.97 bits per heavy atom. The number of halogens is 1. The summed E-state index contributed by atoms with van der Waals surface area (Å²) in [5.41, 5.74) is 0.559. The highest BCUT2D eigenvalue weighted by molar-refractivity contribution is 7.89. The molecule has 0 bridgehead atoms. The van der Waals surface area contributed by atoms with Crippen molar-refractivity contribution in [2.45, 2.75) is 50.0 Å². The predicted molar refractivity (Wildman–Crippen MR) is 109 cm³/mol. The summed E-state index contributed by atoms with van der Waals surface area (Å²) in [5.74, 6) is -0.511. The molecule has 2 heterocycles. The number of sulfonamides is 1. The second-order valence-electron chi connectivity index (χ2n) is 8.01. The maximum Gasteiger partial charge on any atom is 0.410 e. The normalized spacial score (nSPS) is 16.1. The highest BCUT2D eigenvalue weighted by Crippen LogP contribution is 2.34. The van der Waals surface area contributed by atoms with Crippen molar-refractivity contribution in [1.82, 2.24) is 9.88 Å². The molecule has 0 saturated carbocycles. The quantitative estimate of drug-likeness (QED) is 0.782. The SMILES string of the molecule is CC(C)(C)OC(=O)N1CCC(c2csc(-c3ccc(S(N)(=O)=O)cc3F)n2)CC1. The van der Waals surface area contributed by atoms with Gasteiger partial charge < -0.3 is 9.64 Å². The van der Waals surface area contributed by atoms with E-state index in [0.717, 1.165) is 24.6 Å². The van der Waals surface area contributed by atoms with Crippen LogP contribution in [0.25, 0.3) is 10.6 Å². The van der Waals surface area contributed by atoms with E-state index < -0.39 is 21.4 Å². The van der Waals surface area contributed by atoms with Crippen LogP contribution in [0.15, 0.2) is 28.5 Å². The van der Waals surface area contributed by atoms with Gasteiger partial charge in [-0.25, -0.2) is 27.7 Å². The summed E-state index contributed by atoms with van der Waals surface area (Å²) in [6.07, 6.45) is 1.18. The fraction of sp³-hybridized carbons (Fsp3) is 0.474. The number of hydrogen-bond acceptors (Lipinski definition) is 6. The summed E-state index contributed by atoms with van der Waals surface area (Å²) in [4.78, 5) is 18.1. The molecule has 0 spiro atoms. The number of carbonyl (C=O) groups is 1. The van der Waals surface area contributed by atoms with Crippen LogP contribution >= 0.6 is 11.3 Å². The second kappa shape index (κ2) is 8.00. The van der Waals surface area contributed by atoms with Crippen LogP contribution in [-0.2, 0) is 14.8 Å². The molecule has 1 aromatic heterocycles. The number of ether oxygens (including phenoxy) is 1. The topological polar surface area (TPSA) is 103 Å². The number of piperidine rings is 1. The average Bonchev–Trinajstić information content (AvgIpc) is 3.09. The largest absolute Gasteiger partial charge is 0.444 e. The van der Waals surface area contributed by atoms with Gasteiger partial charge in [-0.15, -0.1) is 11.3 Å². The molecule has 1 aromatic carbocycles. The molecule has 3 rings (SSSR count). The first-order valence-corrected chi connectivity index (χ1v) is 11.6. The molecule has 1 saturated heterocycles. The lowest BCUT2D eigenvalue weighted by atomic mass is 9.94. The number of hydrogen-bond donors (Lipinski definition) is 1. The fourth-order valence-electron chi connectivity index (χ4n) is 3.13. The Bertz CT molecular complexity index is 1010. The first kappa shape index (κ1) is 21.7. The molecular formula is C19H24FN3O4S2. The number of primary sulfonamides is 1. The number of nitrogens with zero attached hydrogens (tertiary/aromatic N) is 2. The van der Waals surface area contributed by atoms with Crippen molar-refractivity contribution < 1.29 is 22.3 Å². The molecule has 7 nitrogen and oxygen atoms in total. The van der Waals surface area contributed by atoms with Crippen LogP contribution in [0.5, 0.6) is 0 Å². The summed E-state index contributed by atoms with van der Waals surface area (Å²) >= 11 is 1.30. The van der Waals surface area contributed by atoms with E-state index in [9.17, 15) is 17.6 Å². The molecule has 10 heteroatoms. The summed E-state index contributed by atoms with van der Waals surface area (Å²) < 4.78 is 42.5. The van der Waals surface area contributed by atoms with Crippen molar-refractivity contribution in [2.24, 2.45) is 5.14 Å². The Labute approximate surface area is 173 Å². The predicted octanol–water partition coefficient (Wildman–Crippen LogP) is 3.71. The number of thiazole rings is 1. The van der Waals surface area contributed by atoms with Crippen molar-refractivity contribution in [3.8, 4) is 10.6 Å². The van der Waals surface area contributed by atoms with Crippen LogP contribution in [0.2, 0.25) is 0 Å². The number of benzene rings is 1. The molecule has 158 valence electrons. The van der Waals surface area contributed by atoms with Gasteiger partial charge in [-0.1, -0.05) is 0 Å². The van der Waals surface area contributed by atoms with E-state index in [0.29, 0.717) is 18.1 Å². The van der Waals surface area contributed by atoms with Gasteiger partial charge in [0.2, 0.25) is 10.0 Å². The summed E-state index contributed by atoms with van der Waals surface area (Å²) in [5, 5.41) is 7.40. The highest BCUT2D eigenvalue weighted by Gasteiger charge is 2.28. The number of carbonyl (C=O) groups excluding carboxylic acids is 1. The molecule has 1 aliphatic rings. The van der Waals surface area contributed by atoms with Crippen molar-refractivity contribution in [3.05, 3.63) is 35.1 Å². The second-order valence-corrected chi connectivity index (χ2v) is 10.4. The van der Waals surface area contributed by atoms with Gasteiger partial charge in [0, 0.05) is 30.0 Å². The standard InChI is InChI=1S/C19H24FN3O4S2/c1-19(2,3)27-18(24)23-8-6-12(7-9-23)16-11-28-17(22-16)14-5-4-13(10-15(14)20)29(21,25)26/h4-5,10-12H,6-9H2,1-3H3,(H2,21,25,26). The van der Waals surface area contributed by atoms with E-state index >= 15 is 0 Å². The summed E-state index contributed by atoms with van der Waals surface area (Å²) in [6.45, 7) is 6.66. The number of aromatic nitrogens is 1. The summed E-state index contributed by atoms with van der Waals surface area (Å²) in [7, 11) is -3.96. The molecule has 1 fully saturated rings. The van der Waals surface area contributed by atoms with Gasteiger partial charge in [-0.3, -0.25) is 0 Å². The Kier molecular flexibility index (Phi) is 5.98. The van der Waals surface area contributed by atoms with Crippen molar-refractivity contribution >= 4 is 27.5 Å². The van der Waals surface area contributed by atoms with Gasteiger partial charge in [0.05, 0.1) is 10.6 Å². The van der Waals surface area contributed by atoms with Crippen LogP contribution < -0.4 is 5.14 Å². The molecule has 29 heavy (non-hydrogen) atoms. The Morgan fingerprint density at radius 3 is 2.52 bits per heavy atom. The minimum atomic E-state index is -3.96. The van der Waals surface area contributed by atoms with Crippen LogP contribution in [0.1, 0.15) is 45.2 Å². The van der Waals surface area contributed by atoms with Crippen LogP contribution in [-0.4, -0.2) is 43.1 Å². The van der Waals surface area contributed by atoms with Crippen molar-refractivity contribution in [3.63, 3.8) is 0 Å². The molecular weight excluding hydrogens is 417 g/mol. The van der Waals surface area contributed by atoms with E-state index in [2.05, 4.69) is 4.98 Å². The first-order chi connectivity index (χ1) is 13.4. The smallest absolute Gasteiger partial charge is 0.410 e. The molecule has 2 aromatic rings. The summed E-state index contributed by atoms with van der Waals surface area (Å²) in [6, 6.07) is 3.56. The number of likely N-dealkylation sites (tertiary alicyclic amines) is 1. The molecule has 0 atom stereocenters. The lowest BCUT2D eigenvalue weighted by Gasteiger charge is -2.32. The van der Waals surface area contributed by atoms with E-state index in [1.165, 1.54) is 23.5 Å². The molecule has 0 unspecified atom stereocenters. The zero-order valence-corrected chi connectivity index (χ0v) is 18.1. The van der Waals surface area contributed by atoms with E-state index in [-0.39, 0.29) is 22.5 Å². The maximum atomic E-state index is 14.4. The van der Waals surface area contributed by atoms with Gasteiger partial charge in [-0.05, 0) is 51.8 Å². The molecule has 1 aliphatic heterocycles. The fourth-order valence-corrected chi connectivity index (χ4v) is 4.58. The monoisotopic (exact) mass is 441 g/mol.